The molecule has 1 atom stereocenters. The van der Waals surface area contributed by atoms with Crippen molar-refractivity contribution in [2.75, 3.05) is 33.9 Å². The van der Waals surface area contributed by atoms with Gasteiger partial charge in [0.25, 0.3) is 11.6 Å². The number of hydrogen-bond donors (Lipinski definition) is 1. The van der Waals surface area contributed by atoms with E-state index in [1.807, 2.05) is 11.4 Å². The monoisotopic (exact) mass is 433 g/mol. The Bertz CT molecular complexity index is 879. The molecule has 2 heterocycles. The van der Waals surface area contributed by atoms with Crippen molar-refractivity contribution in [3.8, 4) is 11.5 Å². The van der Waals surface area contributed by atoms with Crippen molar-refractivity contribution in [3.63, 3.8) is 0 Å². The summed E-state index contributed by atoms with van der Waals surface area (Å²) in [5.74, 6) is 0.677. The second kappa shape index (κ2) is 9.90. The largest absolute Gasteiger partial charge is 0.493 e. The van der Waals surface area contributed by atoms with E-state index in [0.29, 0.717) is 12.5 Å². The summed E-state index contributed by atoms with van der Waals surface area (Å²) in [7, 11) is 2.82. The first-order valence-corrected chi connectivity index (χ1v) is 10.8. The molecule has 0 bridgehead atoms. The third-order valence-electron chi connectivity index (χ3n) is 5.53. The zero-order chi connectivity index (χ0) is 21.7. The molecule has 9 heteroatoms. The first-order valence-electron chi connectivity index (χ1n) is 9.90. The second-order valence-corrected chi connectivity index (χ2v) is 8.42. The lowest BCUT2D eigenvalue weighted by atomic mass is 9.97. The van der Waals surface area contributed by atoms with E-state index in [9.17, 15) is 14.9 Å². The van der Waals surface area contributed by atoms with Gasteiger partial charge in [-0.05, 0) is 43.3 Å². The van der Waals surface area contributed by atoms with Gasteiger partial charge in [-0.15, -0.1) is 11.3 Å². The Morgan fingerprint density at radius 3 is 2.53 bits per heavy atom. The SMILES string of the molecule is COc1cc(C(=O)NC[C@@H](c2cccs2)N2CCC(C)CC2)c([N+](=O)[O-])cc1OC. The first kappa shape index (κ1) is 22.0. The third-order valence-corrected chi connectivity index (χ3v) is 6.50. The minimum atomic E-state index is -0.584. The molecule has 1 aromatic heterocycles. The van der Waals surface area contributed by atoms with Gasteiger partial charge < -0.3 is 14.8 Å². The molecule has 3 rings (SSSR count). The standard InChI is InChI=1S/C21H27N3O5S/c1-14-6-8-23(9-7-14)17(20-5-4-10-30-20)13-22-21(25)15-11-18(28-2)19(29-3)12-16(15)24(26)27/h4-5,10-12,14,17H,6-9,13H2,1-3H3,(H,22,25)/t17-/m0/s1. The highest BCUT2D eigenvalue weighted by Gasteiger charge is 2.28. The molecule has 1 aromatic carbocycles. The zero-order valence-corrected chi connectivity index (χ0v) is 18.2. The number of nitrogens with one attached hydrogen (secondary N) is 1. The van der Waals surface area contributed by atoms with Gasteiger partial charge in [0.15, 0.2) is 11.5 Å². The highest BCUT2D eigenvalue weighted by atomic mass is 32.1. The van der Waals surface area contributed by atoms with Gasteiger partial charge in [0, 0.05) is 17.5 Å². The summed E-state index contributed by atoms with van der Waals surface area (Å²) in [5, 5.41) is 16.4. The van der Waals surface area contributed by atoms with Crippen LogP contribution in [-0.4, -0.2) is 49.6 Å². The van der Waals surface area contributed by atoms with Crippen molar-refractivity contribution in [1.82, 2.24) is 10.2 Å². The number of methoxy groups -OCH3 is 2. The molecule has 2 aromatic rings. The Kier molecular flexibility index (Phi) is 7.28. The predicted octanol–water partition coefficient (Wildman–Crippen LogP) is 3.88. The van der Waals surface area contributed by atoms with Gasteiger partial charge in [-0.2, -0.15) is 0 Å². The van der Waals surface area contributed by atoms with E-state index in [1.165, 1.54) is 31.2 Å². The number of amides is 1. The molecule has 8 nitrogen and oxygen atoms in total. The molecule has 0 spiro atoms. The van der Waals surface area contributed by atoms with Crippen LogP contribution in [0.15, 0.2) is 29.6 Å². The smallest absolute Gasteiger partial charge is 0.286 e. The van der Waals surface area contributed by atoms with Crippen molar-refractivity contribution in [1.29, 1.82) is 0 Å². The Hall–Kier alpha value is -2.65. The number of carbonyl (C=O) groups excluding carboxylic acids is 1. The Labute approximate surface area is 179 Å². The molecule has 1 amide bonds. The van der Waals surface area contributed by atoms with E-state index in [2.05, 4.69) is 23.2 Å². The Morgan fingerprint density at radius 1 is 1.30 bits per heavy atom. The second-order valence-electron chi connectivity index (χ2n) is 7.44. The van der Waals surface area contributed by atoms with Crippen molar-refractivity contribution in [3.05, 3.63) is 50.2 Å². The lowest BCUT2D eigenvalue weighted by molar-refractivity contribution is -0.385. The van der Waals surface area contributed by atoms with Crippen LogP contribution in [0.1, 0.15) is 41.0 Å². The number of nitro benzene ring substituents is 1. The maximum absolute atomic E-state index is 12.9. The number of benzene rings is 1. The van der Waals surface area contributed by atoms with Gasteiger partial charge in [0.05, 0.1) is 31.3 Å². The lowest BCUT2D eigenvalue weighted by Gasteiger charge is -2.36. The molecule has 1 fully saturated rings. The summed E-state index contributed by atoms with van der Waals surface area (Å²) in [6, 6.07) is 6.69. The molecule has 1 aliphatic heterocycles. The van der Waals surface area contributed by atoms with Crippen LogP contribution in [0.4, 0.5) is 5.69 Å². The van der Waals surface area contributed by atoms with Crippen LogP contribution in [0.25, 0.3) is 0 Å². The molecular formula is C21H27N3O5S. The molecule has 0 aliphatic carbocycles. The maximum Gasteiger partial charge on any atom is 0.286 e. The zero-order valence-electron chi connectivity index (χ0n) is 17.4. The fraction of sp³-hybridized carbons (Fsp3) is 0.476. The van der Waals surface area contributed by atoms with E-state index in [4.69, 9.17) is 9.47 Å². The van der Waals surface area contributed by atoms with Crippen LogP contribution in [0.3, 0.4) is 0 Å². The number of nitrogens with zero attached hydrogens (tertiary/aromatic N) is 2. The fourth-order valence-corrected chi connectivity index (χ4v) is 4.58. The molecule has 30 heavy (non-hydrogen) atoms. The third kappa shape index (κ3) is 4.91. The summed E-state index contributed by atoms with van der Waals surface area (Å²) >= 11 is 1.65. The van der Waals surface area contributed by atoms with E-state index in [0.717, 1.165) is 25.9 Å². The minimum absolute atomic E-state index is 0.0423. The molecule has 162 valence electrons. The summed E-state index contributed by atoms with van der Waals surface area (Å²) in [6.45, 7) is 4.57. The number of likely N-dealkylation sites (tertiary alicyclic amines) is 1. The predicted molar refractivity (Wildman–Crippen MR) is 116 cm³/mol. The fourth-order valence-electron chi connectivity index (χ4n) is 3.72. The van der Waals surface area contributed by atoms with Crippen LogP contribution in [0.5, 0.6) is 11.5 Å². The van der Waals surface area contributed by atoms with Crippen LogP contribution in [-0.2, 0) is 0 Å². The average molecular weight is 434 g/mol. The van der Waals surface area contributed by atoms with E-state index in [1.54, 1.807) is 11.3 Å². The van der Waals surface area contributed by atoms with Gasteiger partial charge >= 0.3 is 0 Å². The van der Waals surface area contributed by atoms with Crippen molar-refractivity contribution in [2.45, 2.75) is 25.8 Å². The van der Waals surface area contributed by atoms with Crippen LogP contribution < -0.4 is 14.8 Å². The molecule has 1 N–H and O–H groups in total. The number of ether oxygens (including phenoxy) is 2. The highest BCUT2D eigenvalue weighted by Crippen LogP contribution is 2.35. The van der Waals surface area contributed by atoms with Crippen molar-refractivity contribution in [2.24, 2.45) is 5.92 Å². The van der Waals surface area contributed by atoms with E-state index < -0.39 is 10.8 Å². The number of rotatable bonds is 8. The lowest BCUT2D eigenvalue weighted by Crippen LogP contribution is -2.41. The number of carbonyl (C=O) groups is 1. The molecule has 1 saturated heterocycles. The van der Waals surface area contributed by atoms with Gasteiger partial charge in [-0.25, -0.2) is 0 Å². The number of piperidine rings is 1. The average Bonchev–Trinajstić information content (AvgIpc) is 3.28. The first-order chi connectivity index (χ1) is 14.4. The van der Waals surface area contributed by atoms with Crippen molar-refractivity contribution >= 4 is 22.9 Å². The summed E-state index contributed by atoms with van der Waals surface area (Å²) in [4.78, 5) is 27.4. The van der Waals surface area contributed by atoms with Crippen molar-refractivity contribution < 1.29 is 19.2 Å². The molecule has 1 aliphatic rings. The normalized spacial score (nSPS) is 16.1. The summed E-state index contributed by atoms with van der Waals surface area (Å²) in [6.07, 6.45) is 2.24. The molecule has 0 unspecified atom stereocenters. The molecular weight excluding hydrogens is 406 g/mol. The Morgan fingerprint density at radius 2 is 1.97 bits per heavy atom. The number of nitro groups is 1. The van der Waals surface area contributed by atoms with Crippen LogP contribution >= 0.6 is 11.3 Å². The minimum Gasteiger partial charge on any atom is -0.493 e. The molecule has 0 saturated carbocycles. The maximum atomic E-state index is 12.9. The number of hydrogen-bond acceptors (Lipinski definition) is 7. The van der Waals surface area contributed by atoms with Crippen LogP contribution in [0, 0.1) is 16.0 Å². The van der Waals surface area contributed by atoms with Gasteiger partial charge in [-0.3, -0.25) is 19.8 Å². The number of thiophene rings is 1. The Balaban J connectivity index is 1.81. The van der Waals surface area contributed by atoms with Gasteiger partial charge in [0.1, 0.15) is 5.56 Å². The van der Waals surface area contributed by atoms with Gasteiger partial charge in [-0.1, -0.05) is 13.0 Å². The van der Waals surface area contributed by atoms with E-state index >= 15 is 0 Å². The summed E-state index contributed by atoms with van der Waals surface area (Å²) in [5.41, 5.74) is -0.362. The molecule has 0 radical (unpaired) electrons. The topological polar surface area (TPSA) is 93.9 Å². The van der Waals surface area contributed by atoms with Crippen LogP contribution in [0.2, 0.25) is 0 Å². The van der Waals surface area contributed by atoms with Gasteiger partial charge in [0.2, 0.25) is 0 Å². The highest BCUT2D eigenvalue weighted by molar-refractivity contribution is 7.10. The quantitative estimate of drug-likeness (QED) is 0.502. The summed E-state index contributed by atoms with van der Waals surface area (Å²) < 4.78 is 10.3. The van der Waals surface area contributed by atoms with E-state index in [-0.39, 0.29) is 28.8 Å².